The van der Waals surface area contributed by atoms with Gasteiger partial charge in [0.25, 0.3) is 5.56 Å². The van der Waals surface area contributed by atoms with Crippen LogP contribution in [0.4, 0.5) is 0 Å². The molecule has 3 aromatic rings. The van der Waals surface area contributed by atoms with Crippen LogP contribution in [0.25, 0.3) is 11.0 Å². The standard InChI is InChI=1S/C17H18N4O3/c1-19-15-13(16(23)20(2)17(19)24)8-9-21(15)11-14(22)18-10-12-6-4-3-5-7-12/h3-9H,10-11H2,1-2H3,(H,18,22). The Hall–Kier alpha value is -3.09. The Morgan fingerprint density at radius 3 is 2.46 bits per heavy atom. The number of fused-ring (bicyclic) bond motifs is 1. The average Bonchev–Trinajstić information content (AvgIpc) is 3.01. The topological polar surface area (TPSA) is 78.0 Å². The number of rotatable bonds is 4. The van der Waals surface area contributed by atoms with Crippen molar-refractivity contribution in [2.24, 2.45) is 14.1 Å². The predicted octanol–water partition coefficient (Wildman–Crippen LogP) is 0.355. The van der Waals surface area contributed by atoms with E-state index in [9.17, 15) is 14.4 Å². The highest BCUT2D eigenvalue weighted by molar-refractivity contribution is 5.80. The van der Waals surface area contributed by atoms with E-state index >= 15 is 0 Å². The van der Waals surface area contributed by atoms with E-state index in [2.05, 4.69) is 5.32 Å². The molecule has 0 radical (unpaired) electrons. The second-order valence-corrected chi connectivity index (χ2v) is 5.65. The predicted molar refractivity (Wildman–Crippen MR) is 90.7 cm³/mol. The quantitative estimate of drug-likeness (QED) is 0.752. The van der Waals surface area contributed by atoms with Gasteiger partial charge in [0.15, 0.2) is 0 Å². The van der Waals surface area contributed by atoms with E-state index in [1.54, 1.807) is 23.9 Å². The van der Waals surface area contributed by atoms with E-state index in [1.807, 2.05) is 30.3 Å². The summed E-state index contributed by atoms with van der Waals surface area (Å²) in [5.41, 5.74) is 0.663. The normalized spacial score (nSPS) is 10.9. The molecule has 0 fully saturated rings. The third-order valence-corrected chi connectivity index (χ3v) is 4.01. The molecule has 24 heavy (non-hydrogen) atoms. The molecule has 124 valence electrons. The second-order valence-electron chi connectivity index (χ2n) is 5.65. The summed E-state index contributed by atoms with van der Waals surface area (Å²) in [6, 6.07) is 11.2. The summed E-state index contributed by atoms with van der Waals surface area (Å²) in [5.74, 6) is -0.190. The summed E-state index contributed by atoms with van der Waals surface area (Å²) in [6.45, 7) is 0.469. The van der Waals surface area contributed by atoms with E-state index in [4.69, 9.17) is 0 Å². The molecule has 2 heterocycles. The third kappa shape index (κ3) is 2.76. The summed E-state index contributed by atoms with van der Waals surface area (Å²) in [5, 5.41) is 3.24. The van der Waals surface area contributed by atoms with Gasteiger partial charge in [0.2, 0.25) is 5.91 Å². The Labute approximate surface area is 137 Å². The highest BCUT2D eigenvalue weighted by atomic mass is 16.2. The number of aromatic nitrogens is 3. The van der Waals surface area contributed by atoms with Gasteiger partial charge in [0, 0.05) is 26.8 Å². The van der Waals surface area contributed by atoms with Crippen molar-refractivity contribution in [3.63, 3.8) is 0 Å². The number of carbonyl (C=O) groups is 1. The molecule has 0 atom stereocenters. The SMILES string of the molecule is Cn1c(=O)c2ccn(CC(=O)NCc3ccccc3)c2n(C)c1=O. The van der Waals surface area contributed by atoms with Gasteiger partial charge in [0.1, 0.15) is 12.2 Å². The molecule has 7 nitrogen and oxygen atoms in total. The number of benzene rings is 1. The molecule has 1 aromatic carbocycles. The van der Waals surface area contributed by atoms with Crippen LogP contribution in [0, 0.1) is 0 Å². The van der Waals surface area contributed by atoms with Crippen LogP contribution >= 0.6 is 0 Å². The third-order valence-electron chi connectivity index (χ3n) is 4.01. The zero-order valence-corrected chi connectivity index (χ0v) is 13.5. The van der Waals surface area contributed by atoms with E-state index in [0.717, 1.165) is 10.1 Å². The van der Waals surface area contributed by atoms with Gasteiger partial charge in [-0.15, -0.1) is 0 Å². The number of aryl methyl sites for hydroxylation is 1. The molecule has 0 unspecified atom stereocenters. The molecule has 3 rings (SSSR count). The van der Waals surface area contributed by atoms with Crippen LogP contribution in [-0.4, -0.2) is 19.6 Å². The Morgan fingerprint density at radius 2 is 1.75 bits per heavy atom. The average molecular weight is 326 g/mol. The molecule has 0 aliphatic carbocycles. The highest BCUT2D eigenvalue weighted by Gasteiger charge is 2.14. The van der Waals surface area contributed by atoms with Crippen LogP contribution in [0.15, 0.2) is 52.2 Å². The number of carbonyl (C=O) groups excluding carboxylic acids is 1. The van der Waals surface area contributed by atoms with Crippen molar-refractivity contribution in [3.05, 3.63) is 69.0 Å². The Morgan fingerprint density at radius 1 is 1.04 bits per heavy atom. The minimum atomic E-state index is -0.419. The Balaban J connectivity index is 1.84. The van der Waals surface area contributed by atoms with Crippen LogP contribution < -0.4 is 16.6 Å². The summed E-state index contributed by atoms with van der Waals surface area (Å²) in [4.78, 5) is 36.4. The van der Waals surface area contributed by atoms with Crippen molar-refractivity contribution in [1.82, 2.24) is 19.0 Å². The molecule has 0 aliphatic rings. The molecule has 1 N–H and O–H groups in total. The lowest BCUT2D eigenvalue weighted by Gasteiger charge is -2.10. The molecule has 2 aromatic heterocycles. The van der Waals surface area contributed by atoms with Gasteiger partial charge in [-0.1, -0.05) is 30.3 Å². The molecule has 7 heteroatoms. The van der Waals surface area contributed by atoms with Crippen LogP contribution in [0.2, 0.25) is 0 Å². The molecule has 0 saturated carbocycles. The molecular weight excluding hydrogens is 308 g/mol. The van der Waals surface area contributed by atoms with Gasteiger partial charge in [-0.2, -0.15) is 0 Å². The lowest BCUT2D eigenvalue weighted by molar-refractivity contribution is -0.121. The minimum absolute atomic E-state index is 0.0385. The number of hydrogen-bond acceptors (Lipinski definition) is 3. The van der Waals surface area contributed by atoms with Crippen molar-refractivity contribution < 1.29 is 4.79 Å². The molecule has 0 spiro atoms. The number of nitrogens with one attached hydrogen (secondary N) is 1. The van der Waals surface area contributed by atoms with Crippen LogP contribution in [0.1, 0.15) is 5.56 Å². The van der Waals surface area contributed by atoms with Gasteiger partial charge < -0.3 is 9.88 Å². The largest absolute Gasteiger partial charge is 0.350 e. The first kappa shape index (κ1) is 15.8. The second kappa shape index (κ2) is 6.19. The fraction of sp³-hybridized carbons (Fsp3) is 0.235. The maximum absolute atomic E-state index is 12.2. The zero-order valence-electron chi connectivity index (χ0n) is 13.5. The molecular formula is C17H18N4O3. The number of hydrogen-bond donors (Lipinski definition) is 1. The van der Waals surface area contributed by atoms with E-state index in [0.29, 0.717) is 17.6 Å². The summed E-state index contributed by atoms with van der Waals surface area (Å²) >= 11 is 0. The maximum atomic E-state index is 12.2. The molecule has 1 amide bonds. The molecule has 0 saturated heterocycles. The first-order valence-electron chi connectivity index (χ1n) is 7.54. The zero-order chi connectivity index (χ0) is 17.3. The number of amides is 1. The van der Waals surface area contributed by atoms with Crippen molar-refractivity contribution >= 4 is 16.9 Å². The first-order chi connectivity index (χ1) is 11.5. The fourth-order valence-electron chi connectivity index (χ4n) is 2.72. The van der Waals surface area contributed by atoms with E-state index in [1.165, 1.54) is 11.6 Å². The Kier molecular flexibility index (Phi) is 4.07. The lowest BCUT2D eigenvalue weighted by Crippen LogP contribution is -2.37. The smallest absolute Gasteiger partial charge is 0.332 e. The fourth-order valence-corrected chi connectivity index (χ4v) is 2.72. The van der Waals surface area contributed by atoms with Gasteiger partial charge in [-0.25, -0.2) is 4.79 Å². The van der Waals surface area contributed by atoms with E-state index in [-0.39, 0.29) is 18.0 Å². The van der Waals surface area contributed by atoms with Crippen molar-refractivity contribution in [1.29, 1.82) is 0 Å². The van der Waals surface area contributed by atoms with Gasteiger partial charge in [-0.3, -0.25) is 18.7 Å². The minimum Gasteiger partial charge on any atom is -0.350 e. The van der Waals surface area contributed by atoms with Gasteiger partial charge >= 0.3 is 5.69 Å². The monoisotopic (exact) mass is 326 g/mol. The van der Waals surface area contributed by atoms with Crippen molar-refractivity contribution in [3.8, 4) is 0 Å². The van der Waals surface area contributed by atoms with E-state index < -0.39 is 5.69 Å². The molecule has 0 aliphatic heterocycles. The maximum Gasteiger partial charge on any atom is 0.332 e. The van der Waals surface area contributed by atoms with Gasteiger partial charge in [0.05, 0.1) is 5.39 Å². The summed E-state index contributed by atoms with van der Waals surface area (Å²) < 4.78 is 4.04. The van der Waals surface area contributed by atoms with Crippen LogP contribution in [0.3, 0.4) is 0 Å². The summed E-state index contributed by atoms with van der Waals surface area (Å²) in [6.07, 6.45) is 1.65. The molecule has 0 bridgehead atoms. The summed E-state index contributed by atoms with van der Waals surface area (Å²) in [7, 11) is 3.02. The highest BCUT2D eigenvalue weighted by Crippen LogP contribution is 2.09. The van der Waals surface area contributed by atoms with Crippen LogP contribution in [-0.2, 0) is 32.0 Å². The van der Waals surface area contributed by atoms with Gasteiger partial charge in [-0.05, 0) is 11.6 Å². The Bertz CT molecular complexity index is 1010. The first-order valence-corrected chi connectivity index (χ1v) is 7.54. The van der Waals surface area contributed by atoms with Crippen LogP contribution in [0.5, 0.6) is 0 Å². The lowest BCUT2D eigenvalue weighted by atomic mass is 10.2. The number of nitrogens with zero attached hydrogens (tertiary/aromatic N) is 3. The van der Waals surface area contributed by atoms with Crippen molar-refractivity contribution in [2.75, 3.05) is 0 Å². The van der Waals surface area contributed by atoms with Crippen molar-refractivity contribution in [2.45, 2.75) is 13.1 Å².